The number of carbonyl (C=O) groups is 1. The number of pyridine rings is 1. The van der Waals surface area contributed by atoms with Crippen LogP contribution in [0, 0.1) is 6.92 Å². The lowest BCUT2D eigenvalue weighted by Crippen LogP contribution is -2.27. The van der Waals surface area contributed by atoms with Crippen LogP contribution in [0.2, 0.25) is 0 Å². The topological polar surface area (TPSA) is 108 Å². The predicted octanol–water partition coefficient (Wildman–Crippen LogP) is 2.01. The zero-order valence-electron chi connectivity index (χ0n) is 15.5. The third kappa shape index (κ3) is 3.69. The summed E-state index contributed by atoms with van der Waals surface area (Å²) in [4.78, 5) is 16.9. The van der Waals surface area contributed by atoms with Gasteiger partial charge in [0.1, 0.15) is 0 Å². The lowest BCUT2D eigenvalue weighted by atomic mass is 10.1. The van der Waals surface area contributed by atoms with E-state index in [-0.39, 0.29) is 16.8 Å². The van der Waals surface area contributed by atoms with Crippen molar-refractivity contribution in [3.05, 3.63) is 53.3 Å². The van der Waals surface area contributed by atoms with Crippen LogP contribution in [0.15, 0.2) is 41.4 Å². The number of carbonyl (C=O) groups excluding carboxylic acids is 1. The molecule has 0 aliphatic carbocycles. The van der Waals surface area contributed by atoms with Crippen LogP contribution < -0.4 is 5.32 Å². The molecule has 0 aliphatic heterocycles. The first-order chi connectivity index (χ1) is 12.7. The van der Waals surface area contributed by atoms with Gasteiger partial charge < -0.3 is 5.32 Å². The van der Waals surface area contributed by atoms with E-state index in [1.165, 1.54) is 32.4 Å². The highest BCUT2D eigenvalue weighted by molar-refractivity contribution is 7.89. The van der Waals surface area contributed by atoms with E-state index in [0.717, 1.165) is 20.9 Å². The van der Waals surface area contributed by atoms with Crippen molar-refractivity contribution in [2.45, 2.75) is 24.8 Å². The number of fused-ring (bicyclic) bond motifs is 1. The minimum Gasteiger partial charge on any atom is -0.345 e. The Balaban J connectivity index is 1.76. The fourth-order valence-electron chi connectivity index (χ4n) is 2.65. The van der Waals surface area contributed by atoms with Crippen molar-refractivity contribution in [2.75, 3.05) is 14.1 Å². The molecule has 0 bridgehead atoms. The van der Waals surface area contributed by atoms with Gasteiger partial charge in [0.2, 0.25) is 10.0 Å². The van der Waals surface area contributed by atoms with Crippen molar-refractivity contribution in [1.82, 2.24) is 24.8 Å². The Kier molecular flexibility index (Phi) is 4.99. The number of benzene rings is 1. The summed E-state index contributed by atoms with van der Waals surface area (Å²) < 4.78 is 25.4. The highest BCUT2D eigenvalue weighted by Crippen LogP contribution is 2.19. The highest BCUT2D eigenvalue weighted by atomic mass is 32.2. The molecular formula is C18H21N5O3S. The molecule has 0 saturated heterocycles. The lowest BCUT2D eigenvalue weighted by Gasteiger charge is -2.16. The second-order valence-corrected chi connectivity index (χ2v) is 8.65. The lowest BCUT2D eigenvalue weighted by molar-refractivity contribution is 0.0939. The SMILES string of the molecule is Cc1[nH]nc2ncc(C(=O)NC(C)c3ccc(S(=O)(=O)N(C)C)cc3)cc12. The summed E-state index contributed by atoms with van der Waals surface area (Å²) in [7, 11) is -0.506. The molecule has 8 nitrogen and oxygen atoms in total. The second kappa shape index (κ2) is 7.09. The second-order valence-electron chi connectivity index (χ2n) is 6.50. The summed E-state index contributed by atoms with van der Waals surface area (Å²) >= 11 is 0. The fraction of sp³-hybridized carbons (Fsp3) is 0.278. The third-order valence-corrected chi connectivity index (χ3v) is 6.20. The molecule has 0 aliphatic rings. The number of H-pyrrole nitrogens is 1. The van der Waals surface area contributed by atoms with Gasteiger partial charge in [-0.3, -0.25) is 9.89 Å². The van der Waals surface area contributed by atoms with Crippen LogP contribution in [0.25, 0.3) is 11.0 Å². The maximum absolute atomic E-state index is 12.5. The van der Waals surface area contributed by atoms with Gasteiger partial charge >= 0.3 is 0 Å². The van der Waals surface area contributed by atoms with E-state index in [2.05, 4.69) is 20.5 Å². The van der Waals surface area contributed by atoms with Gasteiger partial charge in [-0.05, 0) is 37.6 Å². The standard InChI is InChI=1S/C18H21N5O3S/c1-11(13-5-7-15(8-6-13)27(25,26)23(3)4)20-18(24)14-9-16-12(2)21-22-17(16)19-10-14/h5-11H,1-4H3,(H,20,24)(H,19,21,22). The smallest absolute Gasteiger partial charge is 0.253 e. The molecule has 2 N–H and O–H groups in total. The molecule has 3 rings (SSSR count). The Morgan fingerprint density at radius 1 is 1.22 bits per heavy atom. The van der Waals surface area contributed by atoms with Crippen molar-refractivity contribution in [3.63, 3.8) is 0 Å². The van der Waals surface area contributed by atoms with Gasteiger partial charge in [0.05, 0.1) is 16.5 Å². The average Bonchev–Trinajstić information content (AvgIpc) is 3.02. The number of rotatable bonds is 5. The highest BCUT2D eigenvalue weighted by Gasteiger charge is 2.18. The van der Waals surface area contributed by atoms with E-state index in [1.807, 2.05) is 13.8 Å². The van der Waals surface area contributed by atoms with Crippen LogP contribution in [-0.4, -0.2) is 47.9 Å². The quantitative estimate of drug-likeness (QED) is 0.696. The maximum atomic E-state index is 12.5. The molecule has 0 fully saturated rings. The minimum absolute atomic E-state index is 0.208. The van der Waals surface area contributed by atoms with E-state index in [4.69, 9.17) is 0 Å². The summed E-state index contributed by atoms with van der Waals surface area (Å²) in [6.07, 6.45) is 1.48. The number of nitrogens with one attached hydrogen (secondary N) is 2. The van der Waals surface area contributed by atoms with Crippen molar-refractivity contribution < 1.29 is 13.2 Å². The van der Waals surface area contributed by atoms with Gasteiger partial charge in [-0.25, -0.2) is 17.7 Å². The molecule has 2 aromatic heterocycles. The van der Waals surface area contributed by atoms with Crippen LogP contribution in [0.4, 0.5) is 0 Å². The van der Waals surface area contributed by atoms with Crippen LogP contribution in [0.3, 0.4) is 0 Å². The van der Waals surface area contributed by atoms with Crippen molar-refractivity contribution in [3.8, 4) is 0 Å². The van der Waals surface area contributed by atoms with E-state index >= 15 is 0 Å². The summed E-state index contributed by atoms with van der Waals surface area (Å²) in [5.74, 6) is -0.262. The van der Waals surface area contributed by atoms with Crippen molar-refractivity contribution in [1.29, 1.82) is 0 Å². The van der Waals surface area contributed by atoms with Crippen molar-refractivity contribution in [2.24, 2.45) is 0 Å². The number of hydrogen-bond donors (Lipinski definition) is 2. The summed E-state index contributed by atoms with van der Waals surface area (Å²) in [5, 5.41) is 10.6. The average molecular weight is 387 g/mol. The first kappa shape index (κ1) is 19.0. The number of amides is 1. The van der Waals surface area contributed by atoms with Gasteiger partial charge in [0.15, 0.2) is 5.65 Å². The Hall–Kier alpha value is -2.78. The Morgan fingerprint density at radius 2 is 1.89 bits per heavy atom. The van der Waals surface area contributed by atoms with Crippen LogP contribution >= 0.6 is 0 Å². The summed E-state index contributed by atoms with van der Waals surface area (Å²) in [6, 6.07) is 7.92. The van der Waals surface area contributed by atoms with Gasteiger partial charge in [-0.15, -0.1) is 0 Å². The summed E-state index contributed by atoms with van der Waals surface area (Å²) in [5.41, 5.74) is 2.65. The molecule has 1 aromatic carbocycles. The van der Waals surface area contributed by atoms with Crippen molar-refractivity contribution >= 4 is 27.0 Å². The molecular weight excluding hydrogens is 366 g/mol. The molecule has 142 valence electrons. The van der Waals surface area contributed by atoms with Gasteiger partial charge in [-0.1, -0.05) is 12.1 Å². The molecule has 1 atom stereocenters. The van der Waals surface area contributed by atoms with Crippen LogP contribution in [-0.2, 0) is 10.0 Å². The van der Waals surface area contributed by atoms with E-state index in [0.29, 0.717) is 11.2 Å². The number of sulfonamides is 1. The third-order valence-electron chi connectivity index (χ3n) is 4.37. The van der Waals surface area contributed by atoms with E-state index in [9.17, 15) is 13.2 Å². The molecule has 0 saturated carbocycles. The zero-order chi connectivity index (χ0) is 19.8. The molecule has 0 spiro atoms. The van der Waals surface area contributed by atoms with Crippen LogP contribution in [0.1, 0.15) is 34.6 Å². The summed E-state index contributed by atoms with van der Waals surface area (Å²) in [6.45, 7) is 3.70. The van der Waals surface area contributed by atoms with Gasteiger partial charge in [0, 0.05) is 31.4 Å². The molecule has 0 radical (unpaired) electrons. The predicted molar refractivity (Wildman–Crippen MR) is 102 cm³/mol. The number of aryl methyl sites for hydroxylation is 1. The number of hydrogen-bond acceptors (Lipinski definition) is 5. The van der Waals surface area contributed by atoms with E-state index in [1.54, 1.807) is 18.2 Å². The normalized spacial score (nSPS) is 13.1. The monoisotopic (exact) mass is 387 g/mol. The minimum atomic E-state index is -3.48. The Morgan fingerprint density at radius 3 is 2.52 bits per heavy atom. The molecule has 1 amide bonds. The molecule has 2 heterocycles. The zero-order valence-corrected chi connectivity index (χ0v) is 16.3. The first-order valence-corrected chi connectivity index (χ1v) is 9.78. The fourth-order valence-corrected chi connectivity index (χ4v) is 3.55. The molecule has 27 heavy (non-hydrogen) atoms. The van der Waals surface area contributed by atoms with Crippen LogP contribution in [0.5, 0.6) is 0 Å². The number of nitrogens with zero attached hydrogens (tertiary/aromatic N) is 3. The molecule has 9 heteroatoms. The number of aromatic nitrogens is 3. The van der Waals surface area contributed by atoms with Gasteiger partial charge in [0.25, 0.3) is 5.91 Å². The Labute approximate surface area is 157 Å². The largest absolute Gasteiger partial charge is 0.345 e. The van der Waals surface area contributed by atoms with Gasteiger partial charge in [-0.2, -0.15) is 5.10 Å². The maximum Gasteiger partial charge on any atom is 0.253 e. The Bertz CT molecular complexity index is 1090. The van der Waals surface area contributed by atoms with E-state index < -0.39 is 10.0 Å². The molecule has 3 aromatic rings. The molecule has 1 unspecified atom stereocenters. The first-order valence-electron chi connectivity index (χ1n) is 8.34. The number of aromatic amines is 1.